The summed E-state index contributed by atoms with van der Waals surface area (Å²) in [6.45, 7) is 3.01. The minimum Gasteiger partial charge on any atom is -0.469 e. The zero-order valence-electron chi connectivity index (χ0n) is 16.7. The topological polar surface area (TPSA) is 65.0 Å². The van der Waals surface area contributed by atoms with Crippen LogP contribution in [0.1, 0.15) is 84.0 Å². The van der Waals surface area contributed by atoms with Crippen molar-refractivity contribution in [3.05, 3.63) is 0 Å². The highest BCUT2D eigenvalue weighted by atomic mass is 16.7. The van der Waals surface area contributed by atoms with E-state index in [1.54, 1.807) is 0 Å². The van der Waals surface area contributed by atoms with Crippen molar-refractivity contribution in [3.8, 4) is 0 Å². The molecule has 0 aromatic heterocycles. The Morgan fingerprint density at radius 2 is 1.88 bits per heavy atom. The first-order valence-corrected chi connectivity index (χ1v) is 10.7. The van der Waals surface area contributed by atoms with E-state index in [9.17, 15) is 9.90 Å². The standard InChI is InChI=1S/C21H38O5/c1-3-16-17(11-7-5-4-6-8-12-20(23)24-2)18(22)15-19(16)26-21-13-9-10-14-25-21/h16-19,21-22H,3-15H2,1-2H3/t16-,17?,18+,19-,21?/m1/s1. The number of aliphatic hydroxyl groups excluding tert-OH is 1. The highest BCUT2D eigenvalue weighted by Crippen LogP contribution is 2.40. The molecular formula is C21H38O5. The molecule has 0 amide bonds. The second-order valence-electron chi connectivity index (χ2n) is 7.89. The van der Waals surface area contributed by atoms with Crippen LogP contribution in [0.5, 0.6) is 0 Å². The van der Waals surface area contributed by atoms with Crippen LogP contribution in [0.15, 0.2) is 0 Å². The third kappa shape index (κ3) is 6.82. The number of unbranched alkanes of at least 4 members (excludes halogenated alkanes) is 4. The van der Waals surface area contributed by atoms with E-state index in [2.05, 4.69) is 11.7 Å². The molecule has 0 bridgehead atoms. The van der Waals surface area contributed by atoms with Crippen LogP contribution in [0.2, 0.25) is 0 Å². The highest BCUT2D eigenvalue weighted by Gasteiger charge is 2.42. The van der Waals surface area contributed by atoms with Gasteiger partial charge in [-0.05, 0) is 43.9 Å². The van der Waals surface area contributed by atoms with Crippen LogP contribution in [0.3, 0.4) is 0 Å². The number of carbonyl (C=O) groups excluding carboxylic acids is 1. The number of rotatable bonds is 11. The Kier molecular flexibility index (Phi) is 9.94. The molecule has 2 rings (SSSR count). The van der Waals surface area contributed by atoms with Gasteiger partial charge >= 0.3 is 5.97 Å². The normalized spacial score (nSPS) is 31.9. The second-order valence-corrected chi connectivity index (χ2v) is 7.89. The molecule has 5 atom stereocenters. The monoisotopic (exact) mass is 370 g/mol. The maximum Gasteiger partial charge on any atom is 0.305 e. The Morgan fingerprint density at radius 3 is 2.58 bits per heavy atom. The molecule has 2 fully saturated rings. The predicted octanol–water partition coefficient (Wildman–Crippen LogP) is 4.21. The largest absolute Gasteiger partial charge is 0.469 e. The minimum atomic E-state index is -0.243. The molecule has 2 aliphatic rings. The summed E-state index contributed by atoms with van der Waals surface area (Å²) in [4.78, 5) is 11.1. The molecule has 1 heterocycles. The molecule has 152 valence electrons. The SMILES string of the molecule is CC[C@@H]1C(CCCCCCCC(=O)OC)[C@@H](O)C[C@H]1OC1CCCCO1. The Hall–Kier alpha value is -0.650. The van der Waals surface area contributed by atoms with Crippen LogP contribution in [0.4, 0.5) is 0 Å². The lowest BCUT2D eigenvalue weighted by Crippen LogP contribution is -2.31. The first kappa shape index (κ1) is 21.6. The van der Waals surface area contributed by atoms with Crippen molar-refractivity contribution in [2.75, 3.05) is 13.7 Å². The fourth-order valence-electron chi connectivity index (χ4n) is 4.57. The fraction of sp³-hybridized carbons (Fsp3) is 0.952. The fourth-order valence-corrected chi connectivity index (χ4v) is 4.57. The molecule has 2 unspecified atom stereocenters. The van der Waals surface area contributed by atoms with Gasteiger partial charge in [-0.25, -0.2) is 0 Å². The molecule has 1 aliphatic carbocycles. The molecule has 0 radical (unpaired) electrons. The molecular weight excluding hydrogens is 332 g/mol. The number of aliphatic hydroxyl groups is 1. The van der Waals surface area contributed by atoms with Gasteiger partial charge in [-0.15, -0.1) is 0 Å². The number of ether oxygens (including phenoxy) is 3. The highest BCUT2D eigenvalue weighted by molar-refractivity contribution is 5.68. The van der Waals surface area contributed by atoms with E-state index < -0.39 is 0 Å². The van der Waals surface area contributed by atoms with E-state index in [1.165, 1.54) is 13.5 Å². The summed E-state index contributed by atoms with van der Waals surface area (Å²) in [7, 11) is 1.44. The van der Waals surface area contributed by atoms with Crippen LogP contribution in [0.25, 0.3) is 0 Å². The molecule has 1 saturated heterocycles. The third-order valence-corrected chi connectivity index (χ3v) is 6.08. The van der Waals surface area contributed by atoms with Crippen LogP contribution >= 0.6 is 0 Å². The van der Waals surface area contributed by atoms with Gasteiger partial charge in [0.15, 0.2) is 6.29 Å². The first-order valence-electron chi connectivity index (χ1n) is 10.7. The van der Waals surface area contributed by atoms with Gasteiger partial charge in [-0.3, -0.25) is 4.79 Å². The number of hydrogen-bond acceptors (Lipinski definition) is 5. The molecule has 5 nitrogen and oxygen atoms in total. The lowest BCUT2D eigenvalue weighted by molar-refractivity contribution is -0.196. The number of carbonyl (C=O) groups is 1. The van der Waals surface area contributed by atoms with Crippen molar-refractivity contribution in [3.63, 3.8) is 0 Å². The van der Waals surface area contributed by atoms with E-state index in [1.807, 2.05) is 0 Å². The summed E-state index contributed by atoms with van der Waals surface area (Å²) >= 11 is 0. The van der Waals surface area contributed by atoms with Crippen LogP contribution in [-0.2, 0) is 19.0 Å². The summed E-state index contributed by atoms with van der Waals surface area (Å²) in [5, 5.41) is 10.5. The van der Waals surface area contributed by atoms with Crippen molar-refractivity contribution in [2.45, 2.75) is 102 Å². The molecule has 0 spiro atoms. The molecule has 1 N–H and O–H groups in total. The zero-order valence-corrected chi connectivity index (χ0v) is 16.7. The number of hydrogen-bond donors (Lipinski definition) is 1. The van der Waals surface area contributed by atoms with Gasteiger partial charge < -0.3 is 19.3 Å². The van der Waals surface area contributed by atoms with Gasteiger partial charge in [0.1, 0.15) is 0 Å². The zero-order chi connectivity index (χ0) is 18.8. The van der Waals surface area contributed by atoms with Crippen LogP contribution in [-0.4, -0.2) is 43.3 Å². The summed E-state index contributed by atoms with van der Waals surface area (Å²) in [5.74, 6) is 0.677. The van der Waals surface area contributed by atoms with E-state index in [0.29, 0.717) is 18.3 Å². The maximum absolute atomic E-state index is 11.1. The smallest absolute Gasteiger partial charge is 0.305 e. The van der Waals surface area contributed by atoms with Gasteiger partial charge in [0.2, 0.25) is 0 Å². The molecule has 0 aromatic rings. The van der Waals surface area contributed by atoms with E-state index in [0.717, 1.165) is 70.8 Å². The van der Waals surface area contributed by atoms with Crippen molar-refractivity contribution >= 4 is 5.97 Å². The Morgan fingerprint density at radius 1 is 1.12 bits per heavy atom. The lowest BCUT2D eigenvalue weighted by atomic mass is 9.87. The Balaban J connectivity index is 1.65. The van der Waals surface area contributed by atoms with Crippen molar-refractivity contribution in [2.24, 2.45) is 11.8 Å². The molecule has 26 heavy (non-hydrogen) atoms. The summed E-state index contributed by atoms with van der Waals surface area (Å²) in [6.07, 6.45) is 12.0. The Labute approximate surface area is 158 Å². The second kappa shape index (κ2) is 11.9. The van der Waals surface area contributed by atoms with Gasteiger partial charge in [0.25, 0.3) is 0 Å². The van der Waals surface area contributed by atoms with Crippen LogP contribution in [0, 0.1) is 11.8 Å². The van der Waals surface area contributed by atoms with E-state index >= 15 is 0 Å². The average Bonchev–Trinajstić information content (AvgIpc) is 2.95. The minimum absolute atomic E-state index is 0.0661. The van der Waals surface area contributed by atoms with E-state index in [4.69, 9.17) is 9.47 Å². The van der Waals surface area contributed by atoms with Gasteiger partial charge in [-0.1, -0.05) is 39.0 Å². The first-order chi connectivity index (χ1) is 12.7. The summed E-state index contributed by atoms with van der Waals surface area (Å²) < 4.78 is 16.6. The van der Waals surface area contributed by atoms with Gasteiger partial charge in [-0.2, -0.15) is 0 Å². The summed E-state index contributed by atoms with van der Waals surface area (Å²) in [5.41, 5.74) is 0. The van der Waals surface area contributed by atoms with Crippen molar-refractivity contribution < 1.29 is 24.1 Å². The number of esters is 1. The molecule has 1 saturated carbocycles. The van der Waals surface area contributed by atoms with Crippen molar-refractivity contribution in [1.82, 2.24) is 0 Å². The Bertz CT molecular complexity index is 394. The quantitative estimate of drug-likeness (QED) is 0.436. The average molecular weight is 371 g/mol. The third-order valence-electron chi connectivity index (χ3n) is 6.08. The molecule has 0 aromatic carbocycles. The summed E-state index contributed by atoms with van der Waals surface area (Å²) in [6, 6.07) is 0. The van der Waals surface area contributed by atoms with Gasteiger partial charge in [0.05, 0.1) is 19.3 Å². The molecule has 5 heteroatoms. The maximum atomic E-state index is 11.1. The van der Waals surface area contributed by atoms with Crippen molar-refractivity contribution in [1.29, 1.82) is 0 Å². The van der Waals surface area contributed by atoms with Crippen LogP contribution < -0.4 is 0 Å². The molecule has 1 aliphatic heterocycles. The van der Waals surface area contributed by atoms with Gasteiger partial charge in [0, 0.05) is 19.4 Å². The predicted molar refractivity (Wildman–Crippen MR) is 101 cm³/mol. The van der Waals surface area contributed by atoms with E-state index in [-0.39, 0.29) is 24.5 Å². The lowest BCUT2D eigenvalue weighted by Gasteiger charge is -2.30. The number of methoxy groups -OCH3 is 1.